The summed E-state index contributed by atoms with van der Waals surface area (Å²) in [5.74, 6) is -1.26. The lowest BCUT2D eigenvalue weighted by molar-refractivity contribution is -0.154. The maximum atomic E-state index is 13.2. The van der Waals surface area contributed by atoms with Crippen LogP contribution in [0, 0.1) is 5.82 Å². The summed E-state index contributed by atoms with van der Waals surface area (Å²) in [6.45, 7) is -1.53. The van der Waals surface area contributed by atoms with Gasteiger partial charge in [0.25, 0.3) is 5.91 Å². The number of anilines is 1. The molecule has 1 aromatic carbocycles. The lowest BCUT2D eigenvalue weighted by Crippen LogP contribution is -2.20. The van der Waals surface area contributed by atoms with Gasteiger partial charge in [-0.15, -0.1) is 0 Å². The molecule has 0 aliphatic carbocycles. The van der Waals surface area contributed by atoms with Gasteiger partial charge in [0.2, 0.25) is 5.88 Å². The van der Waals surface area contributed by atoms with E-state index >= 15 is 0 Å². The van der Waals surface area contributed by atoms with Crippen molar-refractivity contribution < 1.29 is 27.1 Å². The number of pyridine rings is 2. The topological polar surface area (TPSA) is 64.1 Å². The van der Waals surface area contributed by atoms with Gasteiger partial charge < -0.3 is 10.1 Å². The SMILES string of the molecule is O=C(Nc1cnc(OCC(F)(F)F)c(-c2ccc(F)cc2)c1)c1cccnc1. The van der Waals surface area contributed by atoms with Crippen LogP contribution in [0.4, 0.5) is 23.2 Å². The highest BCUT2D eigenvalue weighted by atomic mass is 19.4. The number of carbonyl (C=O) groups excluding carboxylic acids is 1. The Morgan fingerprint density at radius 2 is 1.86 bits per heavy atom. The highest BCUT2D eigenvalue weighted by Gasteiger charge is 2.29. The van der Waals surface area contributed by atoms with Crippen LogP contribution in [0.15, 0.2) is 61.1 Å². The number of halogens is 4. The zero-order valence-corrected chi connectivity index (χ0v) is 14.2. The van der Waals surface area contributed by atoms with Crippen molar-refractivity contribution >= 4 is 11.6 Å². The average molecular weight is 391 g/mol. The summed E-state index contributed by atoms with van der Waals surface area (Å²) in [7, 11) is 0. The molecular formula is C19H13F4N3O2. The molecule has 2 aromatic heterocycles. The van der Waals surface area contributed by atoms with E-state index in [-0.39, 0.29) is 17.1 Å². The number of rotatable bonds is 5. The molecule has 0 fully saturated rings. The fraction of sp³-hybridized carbons (Fsp3) is 0.105. The maximum Gasteiger partial charge on any atom is 0.422 e. The fourth-order valence-corrected chi connectivity index (χ4v) is 2.32. The van der Waals surface area contributed by atoms with Crippen LogP contribution in [0.3, 0.4) is 0 Å². The van der Waals surface area contributed by atoms with E-state index in [1.165, 1.54) is 36.8 Å². The summed E-state index contributed by atoms with van der Waals surface area (Å²) in [4.78, 5) is 20.0. The van der Waals surface area contributed by atoms with Crippen LogP contribution in [-0.2, 0) is 0 Å². The summed E-state index contributed by atoms with van der Waals surface area (Å²) < 4.78 is 55.5. The van der Waals surface area contributed by atoms with E-state index in [4.69, 9.17) is 4.74 Å². The molecule has 0 aliphatic rings. The van der Waals surface area contributed by atoms with E-state index < -0.39 is 24.5 Å². The molecule has 3 aromatic rings. The Labute approximate surface area is 157 Å². The van der Waals surface area contributed by atoms with E-state index in [1.54, 1.807) is 12.1 Å². The number of alkyl halides is 3. The highest BCUT2D eigenvalue weighted by molar-refractivity contribution is 6.04. The smallest absolute Gasteiger partial charge is 0.422 e. The van der Waals surface area contributed by atoms with Crippen molar-refractivity contribution in [3.63, 3.8) is 0 Å². The summed E-state index contributed by atoms with van der Waals surface area (Å²) in [6.07, 6.45) is -0.496. The van der Waals surface area contributed by atoms with Crippen molar-refractivity contribution in [3.05, 3.63) is 72.4 Å². The molecule has 9 heteroatoms. The van der Waals surface area contributed by atoms with Crippen molar-refractivity contribution in [2.75, 3.05) is 11.9 Å². The highest BCUT2D eigenvalue weighted by Crippen LogP contribution is 2.32. The van der Waals surface area contributed by atoms with Gasteiger partial charge >= 0.3 is 6.18 Å². The van der Waals surface area contributed by atoms with Gasteiger partial charge in [-0.25, -0.2) is 9.37 Å². The molecule has 28 heavy (non-hydrogen) atoms. The Morgan fingerprint density at radius 1 is 1.11 bits per heavy atom. The first-order valence-corrected chi connectivity index (χ1v) is 7.99. The normalized spacial score (nSPS) is 11.1. The zero-order chi connectivity index (χ0) is 20.1. The number of nitrogens with zero attached hydrogens (tertiary/aromatic N) is 2. The third-order valence-electron chi connectivity index (χ3n) is 3.56. The number of carbonyl (C=O) groups is 1. The van der Waals surface area contributed by atoms with Crippen LogP contribution in [0.2, 0.25) is 0 Å². The molecule has 5 nitrogen and oxygen atoms in total. The summed E-state index contributed by atoms with van der Waals surface area (Å²) in [5, 5.41) is 2.59. The standard InChI is InChI=1S/C19H13F4N3O2/c20-14-5-3-12(4-6-14)16-8-15(10-25-18(16)28-11-19(21,22)23)26-17(27)13-2-1-7-24-9-13/h1-10H,11H2,(H,26,27). The predicted octanol–water partition coefficient (Wildman–Crippen LogP) is 4.48. The van der Waals surface area contributed by atoms with Crippen LogP contribution in [0.25, 0.3) is 11.1 Å². The number of ether oxygens (including phenoxy) is 1. The molecule has 0 aliphatic heterocycles. The molecule has 0 radical (unpaired) electrons. The lowest BCUT2D eigenvalue weighted by Gasteiger charge is -2.14. The Morgan fingerprint density at radius 3 is 2.50 bits per heavy atom. The molecule has 0 saturated heterocycles. The second-order valence-corrected chi connectivity index (χ2v) is 5.68. The van der Waals surface area contributed by atoms with Crippen molar-refractivity contribution in [3.8, 4) is 17.0 Å². The van der Waals surface area contributed by atoms with E-state index in [2.05, 4.69) is 15.3 Å². The third-order valence-corrected chi connectivity index (χ3v) is 3.56. The van der Waals surface area contributed by atoms with Crippen LogP contribution in [0.1, 0.15) is 10.4 Å². The van der Waals surface area contributed by atoms with Crippen LogP contribution >= 0.6 is 0 Å². The molecule has 2 heterocycles. The Balaban J connectivity index is 1.91. The minimum Gasteiger partial charge on any atom is -0.468 e. The lowest BCUT2D eigenvalue weighted by atomic mass is 10.1. The van der Waals surface area contributed by atoms with Gasteiger partial charge in [-0.05, 0) is 35.9 Å². The minimum absolute atomic E-state index is 0.174. The molecule has 1 N–H and O–H groups in total. The zero-order valence-electron chi connectivity index (χ0n) is 14.2. The van der Waals surface area contributed by atoms with Crippen LogP contribution in [0.5, 0.6) is 5.88 Å². The molecule has 0 unspecified atom stereocenters. The van der Waals surface area contributed by atoms with Gasteiger partial charge in [0.1, 0.15) is 5.82 Å². The molecule has 144 valence electrons. The summed E-state index contributed by atoms with van der Waals surface area (Å²) in [5.41, 5.74) is 1.08. The van der Waals surface area contributed by atoms with Gasteiger partial charge in [-0.1, -0.05) is 12.1 Å². The number of benzene rings is 1. The molecule has 0 bridgehead atoms. The van der Waals surface area contributed by atoms with E-state index in [0.29, 0.717) is 11.1 Å². The second-order valence-electron chi connectivity index (χ2n) is 5.68. The maximum absolute atomic E-state index is 13.2. The van der Waals surface area contributed by atoms with Crippen LogP contribution < -0.4 is 10.1 Å². The van der Waals surface area contributed by atoms with Crippen LogP contribution in [-0.4, -0.2) is 28.7 Å². The van der Waals surface area contributed by atoms with Crippen molar-refractivity contribution in [2.45, 2.75) is 6.18 Å². The van der Waals surface area contributed by atoms with Gasteiger partial charge in [-0.3, -0.25) is 9.78 Å². The molecule has 3 rings (SSSR count). The number of aromatic nitrogens is 2. The predicted molar refractivity (Wildman–Crippen MR) is 93.4 cm³/mol. The first kappa shape index (κ1) is 19.3. The van der Waals surface area contributed by atoms with E-state index in [1.807, 2.05) is 0 Å². The largest absolute Gasteiger partial charge is 0.468 e. The first-order chi connectivity index (χ1) is 13.3. The average Bonchev–Trinajstić information content (AvgIpc) is 2.67. The minimum atomic E-state index is -4.55. The molecule has 0 spiro atoms. The van der Waals surface area contributed by atoms with Crippen molar-refractivity contribution in [2.24, 2.45) is 0 Å². The Kier molecular flexibility index (Phi) is 5.53. The monoisotopic (exact) mass is 391 g/mol. The fourth-order valence-electron chi connectivity index (χ4n) is 2.32. The van der Waals surface area contributed by atoms with Gasteiger partial charge in [0.05, 0.1) is 17.4 Å². The van der Waals surface area contributed by atoms with Crippen molar-refractivity contribution in [1.29, 1.82) is 0 Å². The van der Waals surface area contributed by atoms with E-state index in [0.717, 1.165) is 12.1 Å². The summed E-state index contributed by atoms with van der Waals surface area (Å²) in [6, 6.07) is 9.61. The summed E-state index contributed by atoms with van der Waals surface area (Å²) >= 11 is 0. The number of hydrogen-bond donors (Lipinski definition) is 1. The third kappa shape index (κ3) is 5.03. The van der Waals surface area contributed by atoms with Gasteiger partial charge in [0.15, 0.2) is 6.61 Å². The second kappa shape index (κ2) is 8.03. The van der Waals surface area contributed by atoms with E-state index in [9.17, 15) is 22.4 Å². The quantitative estimate of drug-likeness (QED) is 0.652. The first-order valence-electron chi connectivity index (χ1n) is 7.99. The van der Waals surface area contributed by atoms with Crippen molar-refractivity contribution in [1.82, 2.24) is 9.97 Å². The Hall–Kier alpha value is -3.49. The number of amides is 1. The van der Waals surface area contributed by atoms with Gasteiger partial charge in [0, 0.05) is 18.0 Å². The molecular weight excluding hydrogens is 378 g/mol. The number of hydrogen-bond acceptors (Lipinski definition) is 4. The Bertz CT molecular complexity index is 961. The molecule has 1 amide bonds. The molecule has 0 atom stereocenters. The number of nitrogens with one attached hydrogen (secondary N) is 1. The molecule has 0 saturated carbocycles. The van der Waals surface area contributed by atoms with Gasteiger partial charge in [-0.2, -0.15) is 13.2 Å².